The highest BCUT2D eigenvalue weighted by molar-refractivity contribution is 7.91. The van der Waals surface area contributed by atoms with Crippen molar-refractivity contribution in [1.82, 2.24) is 9.78 Å². The predicted octanol–water partition coefficient (Wildman–Crippen LogP) is 1.92. The quantitative estimate of drug-likeness (QED) is 0.587. The number of sulfone groups is 1. The second-order valence-electron chi connectivity index (χ2n) is 5.89. The van der Waals surface area contributed by atoms with E-state index in [2.05, 4.69) is 19.9 Å². The number of amides is 1. The molecule has 0 fully saturated rings. The van der Waals surface area contributed by atoms with Gasteiger partial charge < -0.3 is 14.8 Å². The molecule has 1 amide bonds. The molecule has 0 aliphatic carbocycles. The summed E-state index contributed by atoms with van der Waals surface area (Å²) in [5.41, 5.74) is 0.264. The molecule has 10 nitrogen and oxygen atoms in total. The van der Waals surface area contributed by atoms with Gasteiger partial charge in [0.2, 0.25) is 0 Å². The third-order valence-electron chi connectivity index (χ3n) is 3.80. The number of carbonyl (C=O) groups excluding carboxylic acids is 3. The molecule has 0 unspecified atom stereocenters. The normalized spacial score (nSPS) is 11.3. The zero-order chi connectivity index (χ0) is 21.8. The lowest BCUT2D eigenvalue weighted by Crippen LogP contribution is -2.19. The van der Waals surface area contributed by atoms with Crippen molar-refractivity contribution in [3.05, 3.63) is 27.7 Å². The van der Waals surface area contributed by atoms with E-state index < -0.39 is 33.7 Å². The van der Waals surface area contributed by atoms with E-state index in [-0.39, 0.29) is 33.3 Å². The average Bonchev–Trinajstić information content (AvgIpc) is 3.26. The van der Waals surface area contributed by atoms with Gasteiger partial charge in [0.1, 0.15) is 4.88 Å². The Labute approximate surface area is 175 Å². The summed E-state index contributed by atoms with van der Waals surface area (Å²) in [6, 6.07) is -0.678. The largest absolute Gasteiger partial charge is 0.469 e. The third kappa shape index (κ3) is 5.78. The van der Waals surface area contributed by atoms with Crippen LogP contribution >= 0.6 is 22.9 Å². The highest BCUT2D eigenvalue weighted by Crippen LogP contribution is 2.32. The molecule has 0 aliphatic heterocycles. The molecule has 2 heterocycles. The third-order valence-corrected chi connectivity index (χ3v) is 6.66. The molecule has 158 valence electrons. The molecule has 13 heteroatoms. The first-order chi connectivity index (χ1) is 13.6. The minimum absolute atomic E-state index is 0.0283. The number of ether oxygens (including phenoxy) is 2. The van der Waals surface area contributed by atoms with Gasteiger partial charge in [-0.2, -0.15) is 5.10 Å². The number of carbonyl (C=O) groups is 3. The molecule has 2 aromatic heterocycles. The van der Waals surface area contributed by atoms with Gasteiger partial charge in [0.25, 0.3) is 5.91 Å². The lowest BCUT2D eigenvalue weighted by atomic mass is 10.1. The molecule has 1 N–H and O–H groups in total. The summed E-state index contributed by atoms with van der Waals surface area (Å²) in [7, 11) is -1.11. The standard InChI is InChI=1S/C16H18ClN3O7S2/c1-26-12(21)4-10(5-13(22)27-2)20-7-9(6-18-20)19-16(23)15-14(17)11(8-28-15)29(3,24)25/h6-8,10H,4-5H2,1-3H3,(H,19,23). The Hall–Kier alpha value is -2.44. The molecule has 2 rings (SSSR count). The van der Waals surface area contributed by atoms with E-state index in [0.29, 0.717) is 0 Å². The van der Waals surface area contributed by atoms with E-state index in [1.54, 1.807) is 0 Å². The van der Waals surface area contributed by atoms with Crippen LogP contribution in [-0.4, -0.2) is 56.5 Å². The molecule has 0 spiro atoms. The van der Waals surface area contributed by atoms with Crippen LogP contribution in [0.4, 0.5) is 5.69 Å². The van der Waals surface area contributed by atoms with Crippen LogP contribution in [0.25, 0.3) is 0 Å². The number of rotatable bonds is 8. The zero-order valence-corrected chi connectivity index (χ0v) is 18.1. The number of halogens is 1. The van der Waals surface area contributed by atoms with Crippen molar-refractivity contribution >= 4 is 56.3 Å². The van der Waals surface area contributed by atoms with Crippen LogP contribution in [0.15, 0.2) is 22.7 Å². The van der Waals surface area contributed by atoms with Crippen molar-refractivity contribution in [2.45, 2.75) is 23.8 Å². The zero-order valence-electron chi connectivity index (χ0n) is 15.7. The fourth-order valence-electron chi connectivity index (χ4n) is 2.33. The number of nitrogens with zero attached hydrogens (tertiary/aromatic N) is 2. The van der Waals surface area contributed by atoms with Gasteiger partial charge in [-0.15, -0.1) is 11.3 Å². The van der Waals surface area contributed by atoms with E-state index in [0.717, 1.165) is 17.6 Å². The summed E-state index contributed by atoms with van der Waals surface area (Å²) in [4.78, 5) is 35.6. The Morgan fingerprint density at radius 1 is 1.24 bits per heavy atom. The Morgan fingerprint density at radius 3 is 2.31 bits per heavy atom. The molecule has 0 bridgehead atoms. The Bertz CT molecular complexity index is 1010. The molecule has 0 radical (unpaired) electrons. The topological polar surface area (TPSA) is 134 Å². The van der Waals surface area contributed by atoms with Crippen molar-refractivity contribution in [2.75, 3.05) is 25.8 Å². The molecular weight excluding hydrogens is 446 g/mol. The van der Waals surface area contributed by atoms with Crippen molar-refractivity contribution < 1.29 is 32.3 Å². The lowest BCUT2D eigenvalue weighted by molar-refractivity contribution is -0.144. The second kappa shape index (κ2) is 9.37. The summed E-state index contributed by atoms with van der Waals surface area (Å²) in [6.07, 6.45) is 3.48. The Morgan fingerprint density at radius 2 is 1.83 bits per heavy atom. The number of methoxy groups -OCH3 is 2. The van der Waals surface area contributed by atoms with E-state index in [9.17, 15) is 22.8 Å². The maximum atomic E-state index is 12.4. The van der Waals surface area contributed by atoms with Crippen LogP contribution in [0.3, 0.4) is 0 Å². The number of anilines is 1. The maximum absolute atomic E-state index is 12.4. The number of nitrogens with one attached hydrogen (secondary N) is 1. The number of esters is 2. The van der Waals surface area contributed by atoms with Gasteiger partial charge in [0.05, 0.1) is 54.9 Å². The highest BCUT2D eigenvalue weighted by atomic mass is 35.5. The number of hydrogen-bond acceptors (Lipinski definition) is 9. The summed E-state index contributed by atoms with van der Waals surface area (Å²) in [5.74, 6) is -1.70. The summed E-state index contributed by atoms with van der Waals surface area (Å²) in [5, 5.41) is 7.75. The van der Waals surface area contributed by atoms with Crippen molar-refractivity contribution in [1.29, 1.82) is 0 Å². The summed E-state index contributed by atoms with van der Waals surface area (Å²) in [6.45, 7) is 0. The first-order valence-corrected chi connectivity index (χ1v) is 11.2. The second-order valence-corrected chi connectivity index (χ2v) is 9.13. The predicted molar refractivity (Wildman–Crippen MR) is 105 cm³/mol. The summed E-state index contributed by atoms with van der Waals surface area (Å²) >= 11 is 6.91. The van der Waals surface area contributed by atoms with Crippen molar-refractivity contribution in [3.8, 4) is 0 Å². The van der Waals surface area contributed by atoms with Gasteiger partial charge in [0.15, 0.2) is 9.84 Å². The van der Waals surface area contributed by atoms with Crippen LogP contribution in [0, 0.1) is 0 Å². The molecule has 0 saturated heterocycles. The molecule has 29 heavy (non-hydrogen) atoms. The van der Waals surface area contributed by atoms with Gasteiger partial charge in [0, 0.05) is 17.8 Å². The van der Waals surface area contributed by atoms with Crippen molar-refractivity contribution in [2.24, 2.45) is 0 Å². The highest BCUT2D eigenvalue weighted by Gasteiger charge is 2.24. The number of hydrogen-bond donors (Lipinski definition) is 1. The van der Waals surface area contributed by atoms with Crippen LogP contribution in [0.5, 0.6) is 0 Å². The molecule has 2 aromatic rings. The molecule has 0 aromatic carbocycles. The molecule has 0 atom stereocenters. The van der Waals surface area contributed by atoms with Gasteiger partial charge in [-0.1, -0.05) is 11.6 Å². The van der Waals surface area contributed by atoms with Crippen LogP contribution in [0.1, 0.15) is 28.6 Å². The average molecular weight is 464 g/mol. The van der Waals surface area contributed by atoms with E-state index in [1.807, 2.05) is 0 Å². The van der Waals surface area contributed by atoms with Gasteiger partial charge >= 0.3 is 11.9 Å². The lowest BCUT2D eigenvalue weighted by Gasteiger charge is -2.15. The first-order valence-electron chi connectivity index (χ1n) is 8.03. The van der Waals surface area contributed by atoms with E-state index in [1.165, 1.54) is 36.7 Å². The van der Waals surface area contributed by atoms with Crippen LogP contribution < -0.4 is 5.32 Å². The van der Waals surface area contributed by atoms with Crippen LogP contribution in [-0.2, 0) is 28.9 Å². The fraction of sp³-hybridized carbons (Fsp3) is 0.375. The fourth-order valence-corrected chi connectivity index (χ4v) is 5.14. The van der Waals surface area contributed by atoms with Crippen molar-refractivity contribution in [3.63, 3.8) is 0 Å². The minimum atomic E-state index is -3.56. The SMILES string of the molecule is COC(=O)CC(CC(=O)OC)n1cc(NC(=O)c2scc(S(C)(=O)=O)c2Cl)cn1. The number of aromatic nitrogens is 2. The van der Waals surface area contributed by atoms with E-state index in [4.69, 9.17) is 11.6 Å². The summed E-state index contributed by atoms with van der Waals surface area (Å²) < 4.78 is 33.9. The maximum Gasteiger partial charge on any atom is 0.307 e. The van der Waals surface area contributed by atoms with Gasteiger partial charge in [-0.25, -0.2) is 8.42 Å². The smallest absolute Gasteiger partial charge is 0.307 e. The van der Waals surface area contributed by atoms with E-state index >= 15 is 0 Å². The van der Waals surface area contributed by atoms with Gasteiger partial charge in [-0.3, -0.25) is 19.1 Å². The van der Waals surface area contributed by atoms with Gasteiger partial charge in [-0.05, 0) is 0 Å². The monoisotopic (exact) mass is 463 g/mol. The molecule has 0 saturated carbocycles. The number of thiophene rings is 1. The van der Waals surface area contributed by atoms with Crippen LogP contribution in [0.2, 0.25) is 5.02 Å². The molecule has 0 aliphatic rings. The molecular formula is C16H18ClN3O7S2. The Balaban J connectivity index is 2.19. The Kier molecular flexibility index (Phi) is 7.38. The first kappa shape index (κ1) is 22.8. The minimum Gasteiger partial charge on any atom is -0.469 e.